The van der Waals surface area contributed by atoms with Crippen LogP contribution in [0.2, 0.25) is 0 Å². The highest BCUT2D eigenvalue weighted by Gasteiger charge is 2.32. The van der Waals surface area contributed by atoms with E-state index in [1.54, 1.807) is 4.90 Å². The summed E-state index contributed by atoms with van der Waals surface area (Å²) >= 11 is 0. The lowest BCUT2D eigenvalue weighted by molar-refractivity contribution is -0.136. The van der Waals surface area contributed by atoms with Crippen molar-refractivity contribution in [1.82, 2.24) is 14.1 Å². The molecule has 0 atom stereocenters. The molecule has 2 heterocycles. The van der Waals surface area contributed by atoms with E-state index >= 15 is 0 Å². The lowest BCUT2D eigenvalue weighted by Crippen LogP contribution is -2.44. The summed E-state index contributed by atoms with van der Waals surface area (Å²) < 4.78 is 38.1. The summed E-state index contributed by atoms with van der Waals surface area (Å²) in [6.45, 7) is 7.43. The second-order valence-corrected chi connectivity index (χ2v) is 9.89. The maximum Gasteiger partial charge on any atom is 0.257 e. The quantitative estimate of drug-likeness (QED) is 0.602. The van der Waals surface area contributed by atoms with Crippen LogP contribution in [-0.2, 0) is 19.6 Å². The van der Waals surface area contributed by atoms with Gasteiger partial charge in [0.25, 0.3) is 5.91 Å². The smallest absolute Gasteiger partial charge is 0.257 e. The van der Waals surface area contributed by atoms with Gasteiger partial charge in [0.1, 0.15) is 5.75 Å². The van der Waals surface area contributed by atoms with Crippen LogP contribution in [0.3, 0.4) is 0 Å². The summed E-state index contributed by atoms with van der Waals surface area (Å²) in [5, 5.41) is 0. The van der Waals surface area contributed by atoms with Gasteiger partial charge >= 0.3 is 0 Å². The van der Waals surface area contributed by atoms with Crippen molar-refractivity contribution in [3.63, 3.8) is 0 Å². The third-order valence-corrected chi connectivity index (χ3v) is 8.11. The first-order valence-corrected chi connectivity index (χ1v) is 12.6. The van der Waals surface area contributed by atoms with Gasteiger partial charge in [-0.25, -0.2) is 8.42 Å². The second kappa shape index (κ2) is 10.6. The standard InChI is InChI=1S/C22H33N3O6S/c1-4-23(5-2)21(26)17-8-10-24(11-9-17)22(27)19-16-18(6-7-20(19)30-3)32(28,29)25-12-14-31-15-13-25/h6-7,16-17H,4-5,8-15H2,1-3H3. The van der Waals surface area contributed by atoms with E-state index in [4.69, 9.17) is 9.47 Å². The molecule has 1 aromatic carbocycles. The molecule has 2 aliphatic rings. The van der Waals surface area contributed by atoms with Gasteiger partial charge < -0.3 is 19.3 Å². The minimum absolute atomic E-state index is 0.0650. The Morgan fingerprint density at radius 3 is 2.28 bits per heavy atom. The van der Waals surface area contributed by atoms with Crippen molar-refractivity contribution in [1.29, 1.82) is 0 Å². The Hall–Kier alpha value is -2.17. The summed E-state index contributed by atoms with van der Waals surface area (Å²) in [7, 11) is -2.28. The Morgan fingerprint density at radius 1 is 1.09 bits per heavy atom. The van der Waals surface area contributed by atoms with Gasteiger partial charge in [-0.2, -0.15) is 4.31 Å². The molecule has 2 amide bonds. The monoisotopic (exact) mass is 467 g/mol. The van der Waals surface area contributed by atoms with Gasteiger partial charge in [-0.1, -0.05) is 0 Å². The molecule has 0 N–H and O–H groups in total. The summed E-state index contributed by atoms with van der Waals surface area (Å²) in [5.41, 5.74) is 0.218. The van der Waals surface area contributed by atoms with Crippen LogP contribution in [0.5, 0.6) is 5.75 Å². The molecule has 2 aliphatic heterocycles. The van der Waals surface area contributed by atoms with Gasteiger partial charge in [-0.15, -0.1) is 0 Å². The summed E-state index contributed by atoms with van der Waals surface area (Å²) in [4.78, 5) is 29.5. The fraction of sp³-hybridized carbons (Fsp3) is 0.636. The number of likely N-dealkylation sites (tertiary alicyclic amines) is 1. The Bertz CT molecular complexity index is 918. The molecule has 2 fully saturated rings. The fourth-order valence-corrected chi connectivity index (χ4v) is 5.68. The van der Waals surface area contributed by atoms with Crippen LogP contribution in [0.25, 0.3) is 0 Å². The Balaban J connectivity index is 1.76. The van der Waals surface area contributed by atoms with Crippen LogP contribution < -0.4 is 4.74 Å². The number of nitrogens with zero attached hydrogens (tertiary/aromatic N) is 3. The number of hydrogen-bond donors (Lipinski definition) is 0. The van der Waals surface area contributed by atoms with E-state index in [1.165, 1.54) is 29.6 Å². The van der Waals surface area contributed by atoms with E-state index in [0.717, 1.165) is 0 Å². The second-order valence-electron chi connectivity index (χ2n) is 7.96. The number of morpholine rings is 1. The lowest BCUT2D eigenvalue weighted by Gasteiger charge is -2.34. The van der Waals surface area contributed by atoms with Gasteiger partial charge in [0.2, 0.25) is 15.9 Å². The minimum Gasteiger partial charge on any atom is -0.496 e. The van der Waals surface area contributed by atoms with Crippen LogP contribution in [0, 0.1) is 5.92 Å². The molecular formula is C22H33N3O6S. The summed E-state index contributed by atoms with van der Waals surface area (Å²) in [6.07, 6.45) is 1.18. The van der Waals surface area contributed by atoms with Gasteiger partial charge in [0.15, 0.2) is 0 Å². The van der Waals surface area contributed by atoms with Gasteiger partial charge in [-0.3, -0.25) is 9.59 Å². The number of piperidine rings is 1. The molecule has 3 rings (SSSR count). The SMILES string of the molecule is CCN(CC)C(=O)C1CCN(C(=O)c2cc(S(=O)(=O)N3CCOCC3)ccc2OC)CC1. The Labute approximate surface area is 190 Å². The molecule has 0 aliphatic carbocycles. The van der Waals surface area contributed by atoms with Crippen molar-refractivity contribution in [3.8, 4) is 5.75 Å². The van der Waals surface area contributed by atoms with E-state index in [2.05, 4.69) is 0 Å². The molecule has 1 aromatic rings. The van der Waals surface area contributed by atoms with Crippen LogP contribution in [0.4, 0.5) is 0 Å². The zero-order chi connectivity index (χ0) is 23.3. The maximum atomic E-state index is 13.3. The van der Waals surface area contributed by atoms with Crippen LogP contribution in [0.15, 0.2) is 23.1 Å². The number of rotatable bonds is 7. The summed E-state index contributed by atoms with van der Waals surface area (Å²) in [6, 6.07) is 4.39. The molecule has 0 radical (unpaired) electrons. The van der Waals surface area contributed by atoms with Crippen LogP contribution >= 0.6 is 0 Å². The number of hydrogen-bond acceptors (Lipinski definition) is 6. The number of amides is 2. The van der Waals surface area contributed by atoms with E-state index in [-0.39, 0.29) is 41.3 Å². The third kappa shape index (κ3) is 5.07. The van der Waals surface area contributed by atoms with E-state index in [9.17, 15) is 18.0 Å². The van der Waals surface area contributed by atoms with E-state index in [1.807, 2.05) is 18.7 Å². The molecule has 0 saturated carbocycles. The largest absolute Gasteiger partial charge is 0.496 e. The highest BCUT2D eigenvalue weighted by molar-refractivity contribution is 7.89. The number of sulfonamides is 1. The number of methoxy groups -OCH3 is 1. The molecule has 0 spiro atoms. The lowest BCUT2D eigenvalue weighted by atomic mass is 9.94. The average Bonchev–Trinajstić information content (AvgIpc) is 2.84. The zero-order valence-corrected chi connectivity index (χ0v) is 19.9. The molecule has 2 saturated heterocycles. The van der Waals surface area contributed by atoms with Crippen molar-refractivity contribution in [2.24, 2.45) is 5.92 Å². The predicted molar refractivity (Wildman–Crippen MR) is 119 cm³/mol. The number of carbonyl (C=O) groups excluding carboxylic acids is 2. The zero-order valence-electron chi connectivity index (χ0n) is 19.1. The fourth-order valence-electron chi connectivity index (χ4n) is 4.24. The highest BCUT2D eigenvalue weighted by atomic mass is 32.2. The molecule has 0 aromatic heterocycles. The van der Waals surface area contributed by atoms with E-state index in [0.29, 0.717) is 58.0 Å². The predicted octanol–water partition coefficient (Wildman–Crippen LogP) is 1.44. The van der Waals surface area contributed by atoms with Crippen LogP contribution in [0.1, 0.15) is 37.0 Å². The van der Waals surface area contributed by atoms with Crippen LogP contribution in [-0.4, -0.2) is 93.9 Å². The van der Waals surface area contributed by atoms with Crippen molar-refractivity contribution in [2.75, 3.05) is 59.6 Å². The molecule has 9 nitrogen and oxygen atoms in total. The average molecular weight is 468 g/mol. The maximum absolute atomic E-state index is 13.3. The topological polar surface area (TPSA) is 96.5 Å². The number of ether oxygens (including phenoxy) is 2. The van der Waals surface area contributed by atoms with Crippen molar-refractivity contribution in [2.45, 2.75) is 31.6 Å². The first-order chi connectivity index (χ1) is 15.3. The molecular weight excluding hydrogens is 434 g/mol. The first kappa shape index (κ1) is 24.5. The number of benzene rings is 1. The van der Waals surface area contributed by atoms with Crippen molar-refractivity contribution < 1.29 is 27.5 Å². The molecule has 0 unspecified atom stereocenters. The highest BCUT2D eigenvalue weighted by Crippen LogP contribution is 2.28. The summed E-state index contributed by atoms with van der Waals surface area (Å²) in [5.74, 6) is 0.0963. The molecule has 178 valence electrons. The first-order valence-electron chi connectivity index (χ1n) is 11.2. The Morgan fingerprint density at radius 2 is 1.72 bits per heavy atom. The van der Waals surface area contributed by atoms with Gasteiger partial charge in [-0.05, 0) is 44.9 Å². The Kier molecular flexibility index (Phi) is 8.13. The van der Waals surface area contributed by atoms with Crippen molar-refractivity contribution in [3.05, 3.63) is 23.8 Å². The van der Waals surface area contributed by atoms with Crippen molar-refractivity contribution >= 4 is 21.8 Å². The van der Waals surface area contributed by atoms with Gasteiger partial charge in [0, 0.05) is 45.2 Å². The molecule has 10 heteroatoms. The molecule has 0 bridgehead atoms. The third-order valence-electron chi connectivity index (χ3n) is 6.22. The normalized spacial score (nSPS) is 18.4. The molecule has 32 heavy (non-hydrogen) atoms. The minimum atomic E-state index is -3.73. The van der Waals surface area contributed by atoms with Gasteiger partial charge in [0.05, 0.1) is 30.8 Å². The van der Waals surface area contributed by atoms with E-state index < -0.39 is 10.0 Å². The number of carbonyl (C=O) groups is 2.